The third-order valence-electron chi connectivity index (χ3n) is 2.25. The Morgan fingerprint density at radius 3 is 2.27 bits per heavy atom. The summed E-state index contributed by atoms with van der Waals surface area (Å²) in [6.45, 7) is 4.00. The summed E-state index contributed by atoms with van der Waals surface area (Å²) in [5.74, 6) is 0.329. The van der Waals surface area contributed by atoms with Crippen molar-refractivity contribution in [2.75, 3.05) is 0 Å². The van der Waals surface area contributed by atoms with Crippen LogP contribution in [0.25, 0.3) is 5.57 Å². The van der Waals surface area contributed by atoms with Crippen molar-refractivity contribution in [2.45, 2.75) is 26.7 Å². The molecule has 0 radical (unpaired) electrons. The Bertz CT molecular complexity index is 344. The van der Waals surface area contributed by atoms with Crippen LogP contribution in [-0.4, -0.2) is 5.11 Å². The number of allylic oxidation sites excluding steroid dienone is 4. The molecule has 0 saturated heterocycles. The first kappa shape index (κ1) is 11.6. The number of rotatable bonds is 1. The van der Waals surface area contributed by atoms with E-state index in [1.54, 1.807) is 12.1 Å². The summed E-state index contributed by atoms with van der Waals surface area (Å²) in [6.07, 6.45) is 8.61. The standard InChI is InChI=1S/C12H12O.C2H6/c13-12-8-6-11(7-9-12)10-4-2-1-3-5-10;1-2/h1-2,4,6-9,13H,3,5H2;1-2H3. The van der Waals surface area contributed by atoms with Crippen molar-refractivity contribution in [3.8, 4) is 5.75 Å². The van der Waals surface area contributed by atoms with Gasteiger partial charge in [0.1, 0.15) is 5.75 Å². The number of benzene rings is 1. The molecule has 0 fully saturated rings. The molecule has 1 aromatic carbocycles. The van der Waals surface area contributed by atoms with Crippen LogP contribution in [-0.2, 0) is 0 Å². The first-order valence-corrected chi connectivity index (χ1v) is 5.51. The fourth-order valence-corrected chi connectivity index (χ4v) is 1.52. The topological polar surface area (TPSA) is 20.2 Å². The highest BCUT2D eigenvalue weighted by Crippen LogP contribution is 2.24. The molecule has 1 heteroatoms. The largest absolute Gasteiger partial charge is 0.508 e. The molecule has 0 amide bonds. The van der Waals surface area contributed by atoms with E-state index in [0.717, 1.165) is 12.8 Å². The van der Waals surface area contributed by atoms with E-state index >= 15 is 0 Å². The van der Waals surface area contributed by atoms with Crippen molar-refractivity contribution in [3.05, 3.63) is 48.1 Å². The van der Waals surface area contributed by atoms with Gasteiger partial charge in [-0.1, -0.05) is 44.2 Å². The lowest BCUT2D eigenvalue weighted by molar-refractivity contribution is 0.475. The highest BCUT2D eigenvalue weighted by atomic mass is 16.3. The van der Waals surface area contributed by atoms with Gasteiger partial charge in [-0.2, -0.15) is 0 Å². The van der Waals surface area contributed by atoms with Gasteiger partial charge in [0, 0.05) is 0 Å². The van der Waals surface area contributed by atoms with Crippen LogP contribution in [0.5, 0.6) is 5.75 Å². The molecular weight excluding hydrogens is 184 g/mol. The molecule has 0 bridgehead atoms. The fourth-order valence-electron chi connectivity index (χ4n) is 1.52. The van der Waals surface area contributed by atoms with E-state index in [9.17, 15) is 0 Å². The molecule has 0 aromatic heterocycles. The van der Waals surface area contributed by atoms with Crippen LogP contribution in [0.15, 0.2) is 42.5 Å². The monoisotopic (exact) mass is 202 g/mol. The first-order valence-electron chi connectivity index (χ1n) is 5.51. The number of phenols is 1. The van der Waals surface area contributed by atoms with Gasteiger partial charge in [0.05, 0.1) is 0 Å². The van der Waals surface area contributed by atoms with E-state index in [2.05, 4.69) is 18.2 Å². The second-order valence-corrected chi connectivity index (χ2v) is 3.21. The maximum absolute atomic E-state index is 9.12. The third-order valence-corrected chi connectivity index (χ3v) is 2.25. The smallest absolute Gasteiger partial charge is 0.115 e. The molecular formula is C14H18O. The minimum atomic E-state index is 0.329. The molecule has 0 heterocycles. The van der Waals surface area contributed by atoms with Gasteiger partial charge in [-0.25, -0.2) is 0 Å². The van der Waals surface area contributed by atoms with Crippen molar-refractivity contribution in [1.82, 2.24) is 0 Å². The molecule has 1 nitrogen and oxygen atoms in total. The summed E-state index contributed by atoms with van der Waals surface area (Å²) >= 11 is 0. The molecule has 80 valence electrons. The van der Waals surface area contributed by atoms with Gasteiger partial charge < -0.3 is 5.11 Å². The van der Waals surface area contributed by atoms with Gasteiger partial charge in [0.2, 0.25) is 0 Å². The number of aromatic hydroxyl groups is 1. The summed E-state index contributed by atoms with van der Waals surface area (Å²) in [7, 11) is 0. The molecule has 0 atom stereocenters. The van der Waals surface area contributed by atoms with Crippen molar-refractivity contribution in [3.63, 3.8) is 0 Å². The number of phenolic OH excluding ortho intramolecular Hbond substituents is 1. The second kappa shape index (κ2) is 6.07. The lowest BCUT2D eigenvalue weighted by Crippen LogP contribution is -1.86. The molecule has 0 saturated carbocycles. The Morgan fingerprint density at radius 1 is 1.07 bits per heavy atom. The number of hydrogen-bond acceptors (Lipinski definition) is 1. The quantitative estimate of drug-likeness (QED) is 0.725. The summed E-state index contributed by atoms with van der Waals surface area (Å²) in [5, 5.41) is 9.12. The van der Waals surface area contributed by atoms with E-state index in [4.69, 9.17) is 5.11 Å². The van der Waals surface area contributed by atoms with Crippen molar-refractivity contribution in [2.24, 2.45) is 0 Å². The van der Waals surface area contributed by atoms with Crippen LogP contribution in [0.4, 0.5) is 0 Å². The fraction of sp³-hybridized carbons (Fsp3) is 0.286. The average molecular weight is 202 g/mol. The maximum atomic E-state index is 9.12. The Morgan fingerprint density at radius 2 is 1.73 bits per heavy atom. The van der Waals surface area contributed by atoms with Crippen molar-refractivity contribution < 1.29 is 5.11 Å². The van der Waals surface area contributed by atoms with E-state index < -0.39 is 0 Å². The Kier molecular flexibility index (Phi) is 4.69. The Labute approximate surface area is 91.8 Å². The Balaban J connectivity index is 0.000000531. The molecule has 1 N–H and O–H groups in total. The van der Waals surface area contributed by atoms with Gasteiger partial charge in [-0.05, 0) is 36.1 Å². The first-order chi connectivity index (χ1) is 7.36. The van der Waals surface area contributed by atoms with E-state index in [1.807, 2.05) is 26.0 Å². The summed E-state index contributed by atoms with van der Waals surface area (Å²) < 4.78 is 0. The van der Waals surface area contributed by atoms with Gasteiger partial charge in [0.15, 0.2) is 0 Å². The average Bonchev–Trinajstić information content (AvgIpc) is 2.34. The zero-order chi connectivity index (χ0) is 11.1. The zero-order valence-corrected chi connectivity index (χ0v) is 9.40. The van der Waals surface area contributed by atoms with E-state index in [1.165, 1.54) is 11.1 Å². The summed E-state index contributed by atoms with van der Waals surface area (Å²) in [4.78, 5) is 0. The van der Waals surface area contributed by atoms with E-state index in [-0.39, 0.29) is 0 Å². The van der Waals surface area contributed by atoms with E-state index in [0.29, 0.717) is 5.75 Å². The van der Waals surface area contributed by atoms with Gasteiger partial charge in [-0.3, -0.25) is 0 Å². The predicted molar refractivity (Wildman–Crippen MR) is 65.8 cm³/mol. The molecule has 15 heavy (non-hydrogen) atoms. The number of hydrogen-bond donors (Lipinski definition) is 1. The lowest BCUT2D eigenvalue weighted by Gasteiger charge is -2.08. The molecule has 1 aromatic rings. The van der Waals surface area contributed by atoms with Crippen LogP contribution in [0.2, 0.25) is 0 Å². The SMILES string of the molecule is CC.Oc1ccc(C2=CC=CCC2)cc1. The van der Waals surface area contributed by atoms with Crippen LogP contribution in [0.1, 0.15) is 32.3 Å². The van der Waals surface area contributed by atoms with Gasteiger partial charge in [-0.15, -0.1) is 0 Å². The molecule has 0 unspecified atom stereocenters. The molecule has 2 rings (SSSR count). The lowest BCUT2D eigenvalue weighted by atomic mass is 9.97. The minimum Gasteiger partial charge on any atom is -0.508 e. The van der Waals surface area contributed by atoms with Crippen LogP contribution >= 0.6 is 0 Å². The molecule has 1 aliphatic rings. The van der Waals surface area contributed by atoms with Crippen LogP contribution in [0.3, 0.4) is 0 Å². The summed E-state index contributed by atoms with van der Waals surface area (Å²) in [5.41, 5.74) is 2.56. The molecule has 1 aliphatic carbocycles. The highest BCUT2D eigenvalue weighted by Gasteiger charge is 2.02. The van der Waals surface area contributed by atoms with Crippen LogP contribution < -0.4 is 0 Å². The third kappa shape index (κ3) is 3.28. The van der Waals surface area contributed by atoms with Gasteiger partial charge in [0.25, 0.3) is 0 Å². The summed E-state index contributed by atoms with van der Waals surface area (Å²) in [6, 6.07) is 7.38. The van der Waals surface area contributed by atoms with Crippen LogP contribution in [0, 0.1) is 0 Å². The van der Waals surface area contributed by atoms with Gasteiger partial charge >= 0.3 is 0 Å². The van der Waals surface area contributed by atoms with Crippen molar-refractivity contribution >= 4 is 5.57 Å². The second-order valence-electron chi connectivity index (χ2n) is 3.21. The minimum absolute atomic E-state index is 0.329. The van der Waals surface area contributed by atoms with Crippen molar-refractivity contribution in [1.29, 1.82) is 0 Å². The Hall–Kier alpha value is -1.50. The maximum Gasteiger partial charge on any atom is 0.115 e. The molecule has 0 spiro atoms. The predicted octanol–water partition coefficient (Wildman–Crippen LogP) is 4.15. The molecule has 0 aliphatic heterocycles. The normalized spacial score (nSPS) is 13.9. The highest BCUT2D eigenvalue weighted by molar-refractivity contribution is 5.68. The zero-order valence-electron chi connectivity index (χ0n) is 9.40.